The molecule has 1 fully saturated rings. The van der Waals surface area contributed by atoms with Crippen LogP contribution in [0.4, 0.5) is 4.39 Å². The van der Waals surface area contributed by atoms with Crippen LogP contribution in [-0.2, 0) is 0 Å². The summed E-state index contributed by atoms with van der Waals surface area (Å²) in [6.45, 7) is 2.09. The van der Waals surface area contributed by atoms with Crippen molar-refractivity contribution in [3.05, 3.63) is 53.9 Å². The Hall–Kier alpha value is -2.54. The number of benzene rings is 1. The fraction of sp³-hybridized carbons (Fsp3) is 0.312. The molecular weight excluding hydrogens is 301 g/mol. The van der Waals surface area contributed by atoms with E-state index in [1.807, 2.05) is 0 Å². The number of carbonyl (C=O) groups excluding carboxylic acids is 1. The maximum atomic E-state index is 13.2. The minimum atomic E-state index is -0.839. The van der Waals surface area contributed by atoms with Gasteiger partial charge in [0.1, 0.15) is 29.6 Å². The molecule has 7 heteroatoms. The Balaban J connectivity index is 1.68. The van der Waals surface area contributed by atoms with E-state index in [1.165, 1.54) is 35.5 Å². The van der Waals surface area contributed by atoms with Gasteiger partial charge in [0.25, 0.3) is 5.91 Å². The number of hydrogen-bond donors (Lipinski definition) is 1. The second-order valence-corrected chi connectivity index (χ2v) is 5.41. The molecule has 23 heavy (non-hydrogen) atoms. The molecule has 1 saturated heterocycles. The van der Waals surface area contributed by atoms with Gasteiger partial charge in [0.05, 0.1) is 18.7 Å². The van der Waals surface area contributed by atoms with Crippen molar-refractivity contribution in [2.24, 2.45) is 0 Å². The van der Waals surface area contributed by atoms with Gasteiger partial charge in [0, 0.05) is 18.5 Å². The van der Waals surface area contributed by atoms with Crippen LogP contribution in [0.15, 0.2) is 36.7 Å². The first kappa shape index (κ1) is 15.4. The molecular formula is C16H16FN3O3. The maximum Gasteiger partial charge on any atom is 0.257 e. The summed E-state index contributed by atoms with van der Waals surface area (Å²) < 4.78 is 18.8. The van der Waals surface area contributed by atoms with Crippen molar-refractivity contribution in [1.29, 1.82) is 0 Å². The smallest absolute Gasteiger partial charge is 0.257 e. The van der Waals surface area contributed by atoms with Crippen LogP contribution >= 0.6 is 0 Å². The number of ether oxygens (including phenoxy) is 1. The summed E-state index contributed by atoms with van der Waals surface area (Å²) in [5.74, 6) is 0.214. The van der Waals surface area contributed by atoms with Gasteiger partial charge in [-0.05, 0) is 19.1 Å². The number of amides is 1. The molecule has 0 unspecified atom stereocenters. The molecule has 1 amide bonds. The number of nitrogens with zero attached hydrogens (tertiary/aromatic N) is 3. The molecule has 2 atom stereocenters. The first-order valence-corrected chi connectivity index (χ1v) is 7.21. The van der Waals surface area contributed by atoms with Crippen molar-refractivity contribution in [1.82, 2.24) is 14.9 Å². The van der Waals surface area contributed by atoms with E-state index in [-0.39, 0.29) is 19.0 Å². The SMILES string of the molecule is Cc1ncc(C(=O)N2C[C@@H](O)[C@H](Oc3cccc(F)c3)C2)cn1. The number of aryl methyl sites for hydroxylation is 1. The number of aliphatic hydroxyl groups excluding tert-OH is 1. The Morgan fingerprint density at radius 1 is 1.35 bits per heavy atom. The van der Waals surface area contributed by atoms with E-state index in [0.29, 0.717) is 17.1 Å². The zero-order valence-corrected chi connectivity index (χ0v) is 12.5. The highest BCUT2D eigenvalue weighted by molar-refractivity contribution is 5.93. The topological polar surface area (TPSA) is 75.6 Å². The van der Waals surface area contributed by atoms with Gasteiger partial charge in [-0.1, -0.05) is 6.07 Å². The zero-order valence-electron chi connectivity index (χ0n) is 12.5. The molecule has 0 spiro atoms. The van der Waals surface area contributed by atoms with Crippen molar-refractivity contribution >= 4 is 5.91 Å². The third-order valence-electron chi connectivity index (χ3n) is 3.64. The highest BCUT2D eigenvalue weighted by atomic mass is 19.1. The molecule has 0 radical (unpaired) electrons. The standard InChI is InChI=1S/C16H16FN3O3/c1-10-18-6-11(7-19-10)16(22)20-8-14(21)15(9-20)23-13-4-2-3-12(17)5-13/h2-7,14-15,21H,8-9H2,1H3/t14-,15-/m1/s1. The Morgan fingerprint density at radius 3 is 2.78 bits per heavy atom. The third kappa shape index (κ3) is 3.45. The Morgan fingerprint density at radius 2 is 2.09 bits per heavy atom. The van der Waals surface area contributed by atoms with Gasteiger partial charge >= 0.3 is 0 Å². The number of β-amino-alcohol motifs (C(OH)–C–C–N with tert-alkyl or cyclic N) is 1. The summed E-state index contributed by atoms with van der Waals surface area (Å²) in [5.41, 5.74) is 0.356. The van der Waals surface area contributed by atoms with Gasteiger partial charge in [0.15, 0.2) is 0 Å². The predicted molar refractivity (Wildman–Crippen MR) is 79.5 cm³/mol. The number of hydrogen-bond acceptors (Lipinski definition) is 5. The van der Waals surface area contributed by atoms with E-state index in [1.54, 1.807) is 13.0 Å². The molecule has 0 saturated carbocycles. The fourth-order valence-corrected chi connectivity index (χ4v) is 2.44. The quantitative estimate of drug-likeness (QED) is 0.920. The van der Waals surface area contributed by atoms with E-state index >= 15 is 0 Å². The monoisotopic (exact) mass is 317 g/mol. The normalized spacial score (nSPS) is 20.6. The van der Waals surface area contributed by atoms with Gasteiger partial charge in [0.2, 0.25) is 0 Å². The third-order valence-corrected chi connectivity index (χ3v) is 3.64. The first-order chi connectivity index (χ1) is 11.0. The maximum absolute atomic E-state index is 13.2. The Bertz CT molecular complexity index is 708. The van der Waals surface area contributed by atoms with Crippen molar-refractivity contribution < 1.29 is 19.0 Å². The highest BCUT2D eigenvalue weighted by Crippen LogP contribution is 2.21. The largest absolute Gasteiger partial charge is 0.486 e. The van der Waals surface area contributed by atoms with Gasteiger partial charge < -0.3 is 14.7 Å². The number of aliphatic hydroxyl groups is 1. The van der Waals surface area contributed by atoms with Crippen molar-refractivity contribution in [2.75, 3.05) is 13.1 Å². The number of halogens is 1. The van der Waals surface area contributed by atoms with Crippen LogP contribution in [-0.4, -0.2) is 51.2 Å². The van der Waals surface area contributed by atoms with E-state index in [0.717, 1.165) is 0 Å². The molecule has 6 nitrogen and oxygen atoms in total. The molecule has 3 rings (SSSR count). The minimum absolute atomic E-state index is 0.146. The second-order valence-electron chi connectivity index (χ2n) is 5.41. The molecule has 0 aliphatic carbocycles. The predicted octanol–water partition coefficient (Wildman–Crippen LogP) is 1.19. The fourth-order valence-electron chi connectivity index (χ4n) is 2.44. The minimum Gasteiger partial charge on any atom is -0.486 e. The summed E-state index contributed by atoms with van der Waals surface area (Å²) in [4.78, 5) is 21.8. The van der Waals surface area contributed by atoms with Crippen molar-refractivity contribution in [3.8, 4) is 5.75 Å². The van der Waals surface area contributed by atoms with E-state index < -0.39 is 18.0 Å². The van der Waals surface area contributed by atoms with Crippen LogP contribution in [0.5, 0.6) is 5.75 Å². The highest BCUT2D eigenvalue weighted by Gasteiger charge is 2.36. The van der Waals surface area contributed by atoms with Gasteiger partial charge in [-0.15, -0.1) is 0 Å². The molecule has 1 aliphatic heterocycles. The van der Waals surface area contributed by atoms with Crippen LogP contribution in [0.25, 0.3) is 0 Å². The molecule has 1 N–H and O–H groups in total. The summed E-state index contributed by atoms with van der Waals surface area (Å²) in [6.07, 6.45) is 1.47. The van der Waals surface area contributed by atoms with E-state index in [2.05, 4.69) is 9.97 Å². The average Bonchev–Trinajstić information content (AvgIpc) is 2.88. The lowest BCUT2D eigenvalue weighted by Gasteiger charge is -2.17. The first-order valence-electron chi connectivity index (χ1n) is 7.21. The van der Waals surface area contributed by atoms with Gasteiger partial charge in [-0.25, -0.2) is 14.4 Å². The van der Waals surface area contributed by atoms with E-state index in [4.69, 9.17) is 4.74 Å². The second kappa shape index (κ2) is 6.29. The van der Waals surface area contributed by atoms with Crippen LogP contribution in [0.1, 0.15) is 16.2 Å². The van der Waals surface area contributed by atoms with Crippen molar-refractivity contribution in [3.63, 3.8) is 0 Å². The summed E-state index contributed by atoms with van der Waals surface area (Å²) >= 11 is 0. The molecule has 120 valence electrons. The van der Waals surface area contributed by atoms with Crippen LogP contribution in [0.2, 0.25) is 0 Å². The lowest BCUT2D eigenvalue weighted by Crippen LogP contribution is -2.31. The summed E-state index contributed by atoms with van der Waals surface area (Å²) in [5, 5.41) is 10.1. The summed E-state index contributed by atoms with van der Waals surface area (Å²) in [6, 6.07) is 5.68. The average molecular weight is 317 g/mol. The van der Waals surface area contributed by atoms with Gasteiger partial charge in [-0.2, -0.15) is 0 Å². The molecule has 0 bridgehead atoms. The lowest BCUT2D eigenvalue weighted by atomic mass is 10.2. The number of aromatic nitrogens is 2. The molecule has 1 aromatic carbocycles. The van der Waals surface area contributed by atoms with Crippen LogP contribution < -0.4 is 4.74 Å². The molecule has 2 heterocycles. The Labute approximate surface area is 132 Å². The molecule has 1 aromatic heterocycles. The lowest BCUT2D eigenvalue weighted by molar-refractivity contribution is 0.0728. The summed E-state index contributed by atoms with van der Waals surface area (Å²) in [7, 11) is 0. The molecule has 1 aliphatic rings. The van der Waals surface area contributed by atoms with E-state index in [9.17, 15) is 14.3 Å². The molecule has 2 aromatic rings. The van der Waals surface area contributed by atoms with Crippen LogP contribution in [0.3, 0.4) is 0 Å². The zero-order chi connectivity index (χ0) is 16.4. The Kier molecular flexibility index (Phi) is 4.20. The van der Waals surface area contributed by atoms with Crippen molar-refractivity contribution in [2.45, 2.75) is 19.1 Å². The number of likely N-dealkylation sites (tertiary alicyclic amines) is 1. The van der Waals surface area contributed by atoms with Crippen LogP contribution in [0, 0.1) is 12.7 Å². The number of rotatable bonds is 3. The number of carbonyl (C=O) groups is 1. The van der Waals surface area contributed by atoms with Gasteiger partial charge in [-0.3, -0.25) is 4.79 Å².